The lowest BCUT2D eigenvalue weighted by atomic mass is 9.46. The molecule has 0 radical (unpaired) electrons. The Labute approximate surface area is 158 Å². The van der Waals surface area contributed by atoms with E-state index in [1.54, 1.807) is 6.92 Å². The van der Waals surface area contributed by atoms with Gasteiger partial charge in [-0.15, -0.1) is 0 Å². The summed E-state index contributed by atoms with van der Waals surface area (Å²) in [5, 5.41) is 11.2. The number of hydrogen-bond acceptors (Lipinski definition) is 3. The highest BCUT2D eigenvalue weighted by Crippen LogP contribution is 2.68. The van der Waals surface area contributed by atoms with Crippen LogP contribution in [0.4, 0.5) is 0 Å². The minimum Gasteiger partial charge on any atom is -0.382 e. The molecule has 0 heterocycles. The fourth-order valence-electron chi connectivity index (χ4n) is 7.24. The van der Waals surface area contributed by atoms with Crippen molar-refractivity contribution in [2.75, 3.05) is 0 Å². The first-order valence-electron chi connectivity index (χ1n) is 9.81. The van der Waals surface area contributed by atoms with Gasteiger partial charge in [-0.05, 0) is 96.5 Å². The lowest BCUT2D eigenvalue weighted by Gasteiger charge is -2.59. The zero-order valence-electron chi connectivity index (χ0n) is 15.5. The lowest BCUT2D eigenvalue weighted by Crippen LogP contribution is -2.57. The van der Waals surface area contributed by atoms with E-state index in [0.29, 0.717) is 30.6 Å². The highest BCUT2D eigenvalue weighted by atomic mass is 79.9. The Morgan fingerprint density at radius 1 is 1.08 bits per heavy atom. The Morgan fingerprint density at radius 2 is 1.76 bits per heavy atom. The van der Waals surface area contributed by atoms with Gasteiger partial charge in [-0.3, -0.25) is 9.59 Å². The molecule has 0 saturated heterocycles. The summed E-state index contributed by atoms with van der Waals surface area (Å²) in [4.78, 5) is 24.4. The van der Waals surface area contributed by atoms with Crippen LogP contribution in [0.25, 0.3) is 0 Å². The van der Waals surface area contributed by atoms with E-state index in [1.165, 1.54) is 5.57 Å². The van der Waals surface area contributed by atoms with Crippen molar-refractivity contribution in [3.63, 3.8) is 0 Å². The summed E-state index contributed by atoms with van der Waals surface area (Å²) in [7, 11) is 0. The normalized spacial score (nSPS) is 49.5. The topological polar surface area (TPSA) is 54.4 Å². The third-order valence-electron chi connectivity index (χ3n) is 8.79. The van der Waals surface area contributed by atoms with Crippen LogP contribution in [0.2, 0.25) is 0 Å². The second-order valence-corrected chi connectivity index (χ2v) is 10.3. The molecule has 4 rings (SSSR count). The second kappa shape index (κ2) is 5.51. The Bertz CT molecular complexity index is 683. The van der Waals surface area contributed by atoms with E-state index in [1.807, 2.05) is 0 Å². The van der Waals surface area contributed by atoms with Crippen LogP contribution in [-0.2, 0) is 9.59 Å². The molecule has 0 aliphatic heterocycles. The number of aliphatic hydroxyl groups is 1. The standard InChI is InChI=1S/C21H29BrO3/c1-12(23)21(25)11-7-15-13-4-5-16-18(22)17(24)8-9-19(16,2)14(13)6-10-20(15,21)3/h13-15,25H,4-11H2,1-3H3/t13-,14+,15+,19-,20+,21+/m1/s1. The lowest BCUT2D eigenvalue weighted by molar-refractivity contribution is -0.160. The highest BCUT2D eigenvalue weighted by Gasteiger charge is 2.65. The molecule has 4 aliphatic rings. The van der Waals surface area contributed by atoms with Crippen LogP contribution >= 0.6 is 15.9 Å². The predicted molar refractivity (Wildman–Crippen MR) is 100 cm³/mol. The minimum atomic E-state index is -1.14. The van der Waals surface area contributed by atoms with Crippen LogP contribution in [0.5, 0.6) is 0 Å². The molecule has 3 nitrogen and oxygen atoms in total. The molecule has 1 N–H and O–H groups in total. The maximum atomic E-state index is 12.3. The van der Waals surface area contributed by atoms with Gasteiger partial charge in [-0.2, -0.15) is 0 Å². The Hall–Kier alpha value is -0.480. The van der Waals surface area contributed by atoms with Crippen LogP contribution in [0, 0.1) is 28.6 Å². The molecule has 6 atom stereocenters. The summed E-state index contributed by atoms with van der Waals surface area (Å²) in [5.74, 6) is 1.77. The van der Waals surface area contributed by atoms with Crippen molar-refractivity contribution in [2.24, 2.45) is 28.6 Å². The molecule has 0 spiro atoms. The average Bonchev–Trinajstić information content (AvgIpc) is 2.84. The molecular formula is C21H29BrO3. The average molecular weight is 409 g/mol. The molecule has 0 aromatic heterocycles. The third-order valence-corrected chi connectivity index (χ3v) is 9.71. The molecular weight excluding hydrogens is 380 g/mol. The van der Waals surface area contributed by atoms with Gasteiger partial charge in [-0.25, -0.2) is 0 Å². The maximum Gasteiger partial charge on any atom is 0.169 e. The van der Waals surface area contributed by atoms with Gasteiger partial charge in [0.15, 0.2) is 11.6 Å². The van der Waals surface area contributed by atoms with E-state index in [9.17, 15) is 14.7 Å². The molecule has 3 saturated carbocycles. The molecule has 25 heavy (non-hydrogen) atoms. The molecule has 0 bridgehead atoms. The highest BCUT2D eigenvalue weighted by molar-refractivity contribution is 9.12. The first-order valence-corrected chi connectivity index (χ1v) is 10.6. The first kappa shape index (κ1) is 17.9. The molecule has 0 aromatic rings. The predicted octanol–water partition coefficient (Wildman–Crippen LogP) is 4.56. The van der Waals surface area contributed by atoms with Crippen molar-refractivity contribution < 1.29 is 14.7 Å². The van der Waals surface area contributed by atoms with Gasteiger partial charge in [0.1, 0.15) is 5.60 Å². The number of Topliss-reactive ketones (excluding diaryl/α,β-unsaturated/α-hetero) is 2. The van der Waals surface area contributed by atoms with Crippen molar-refractivity contribution >= 4 is 27.5 Å². The van der Waals surface area contributed by atoms with Crippen LogP contribution in [0.15, 0.2) is 10.1 Å². The minimum absolute atomic E-state index is 0.0513. The fraction of sp³-hybridized carbons (Fsp3) is 0.810. The molecule has 138 valence electrons. The summed E-state index contributed by atoms with van der Waals surface area (Å²) in [5.41, 5.74) is 0.0316. The number of ketones is 2. The van der Waals surface area contributed by atoms with Gasteiger partial charge in [0.25, 0.3) is 0 Å². The number of fused-ring (bicyclic) bond motifs is 5. The Kier molecular flexibility index (Phi) is 3.95. The second-order valence-electron chi connectivity index (χ2n) is 9.46. The largest absolute Gasteiger partial charge is 0.382 e. The number of allylic oxidation sites excluding steroid dienone is 1. The summed E-state index contributed by atoms with van der Waals surface area (Å²) in [6.07, 6.45) is 7.23. The van der Waals surface area contributed by atoms with E-state index < -0.39 is 5.60 Å². The number of rotatable bonds is 1. The van der Waals surface area contributed by atoms with Gasteiger partial charge in [-0.1, -0.05) is 13.8 Å². The van der Waals surface area contributed by atoms with Gasteiger partial charge in [0, 0.05) is 11.8 Å². The number of hydrogen-bond donors (Lipinski definition) is 1. The van der Waals surface area contributed by atoms with Gasteiger partial charge >= 0.3 is 0 Å². The Morgan fingerprint density at radius 3 is 2.44 bits per heavy atom. The SMILES string of the molecule is CC(=O)[C@@]1(O)CC[C@H]2[C@@H]3CCC4=C(Br)C(=O)CC[C@]4(C)[C@H]3CC[C@@]21C. The summed E-state index contributed by atoms with van der Waals surface area (Å²) < 4.78 is 0.847. The summed E-state index contributed by atoms with van der Waals surface area (Å²) in [6, 6.07) is 0. The van der Waals surface area contributed by atoms with Crippen molar-refractivity contribution in [1.29, 1.82) is 0 Å². The van der Waals surface area contributed by atoms with Gasteiger partial charge in [0.05, 0.1) is 4.48 Å². The van der Waals surface area contributed by atoms with Crippen LogP contribution in [0.1, 0.15) is 72.1 Å². The quantitative estimate of drug-likeness (QED) is 0.691. The molecule has 0 unspecified atom stereocenters. The maximum absolute atomic E-state index is 12.3. The van der Waals surface area contributed by atoms with Gasteiger partial charge < -0.3 is 5.11 Å². The van der Waals surface area contributed by atoms with Crippen LogP contribution in [-0.4, -0.2) is 22.3 Å². The molecule has 0 aromatic carbocycles. The van der Waals surface area contributed by atoms with Crippen molar-refractivity contribution in [1.82, 2.24) is 0 Å². The number of carbonyl (C=O) groups excluding carboxylic acids is 2. The van der Waals surface area contributed by atoms with E-state index in [4.69, 9.17) is 0 Å². The van der Waals surface area contributed by atoms with Crippen LogP contribution in [0.3, 0.4) is 0 Å². The van der Waals surface area contributed by atoms with E-state index in [-0.39, 0.29) is 22.4 Å². The van der Waals surface area contributed by atoms with Crippen molar-refractivity contribution in [2.45, 2.75) is 77.7 Å². The number of halogens is 1. The summed E-state index contributed by atoms with van der Waals surface area (Å²) >= 11 is 3.60. The van der Waals surface area contributed by atoms with Gasteiger partial charge in [0.2, 0.25) is 0 Å². The van der Waals surface area contributed by atoms with Crippen LogP contribution < -0.4 is 0 Å². The monoisotopic (exact) mass is 408 g/mol. The van der Waals surface area contributed by atoms with E-state index >= 15 is 0 Å². The van der Waals surface area contributed by atoms with Crippen molar-refractivity contribution in [3.8, 4) is 0 Å². The molecule has 4 heteroatoms. The number of carbonyl (C=O) groups is 2. The smallest absolute Gasteiger partial charge is 0.169 e. The van der Waals surface area contributed by atoms with Crippen molar-refractivity contribution in [3.05, 3.63) is 10.1 Å². The summed E-state index contributed by atoms with van der Waals surface area (Å²) in [6.45, 7) is 6.09. The van der Waals surface area contributed by atoms with E-state index in [0.717, 1.165) is 43.0 Å². The molecule has 3 fully saturated rings. The third kappa shape index (κ3) is 2.13. The fourth-order valence-corrected chi connectivity index (χ4v) is 8.09. The zero-order valence-corrected chi connectivity index (χ0v) is 17.1. The first-order chi connectivity index (χ1) is 11.6. The molecule has 4 aliphatic carbocycles. The molecule has 0 amide bonds. The Balaban J connectivity index is 1.72. The zero-order chi connectivity index (χ0) is 18.2. The van der Waals surface area contributed by atoms with E-state index in [2.05, 4.69) is 29.8 Å².